The van der Waals surface area contributed by atoms with Gasteiger partial charge in [-0.3, -0.25) is 15.1 Å². The minimum absolute atomic E-state index is 0.140. The molecule has 2 saturated heterocycles. The fourth-order valence-corrected chi connectivity index (χ4v) is 3.63. The normalized spacial score (nSPS) is 34.4. The number of ether oxygens (including phenoxy) is 1. The molecule has 3 unspecified atom stereocenters. The van der Waals surface area contributed by atoms with Crippen LogP contribution in [0.5, 0.6) is 0 Å². The van der Waals surface area contributed by atoms with Crippen molar-refractivity contribution in [3.63, 3.8) is 0 Å². The maximum absolute atomic E-state index is 13.3. The van der Waals surface area contributed by atoms with E-state index in [-0.39, 0.29) is 30.1 Å². The highest BCUT2D eigenvalue weighted by atomic mass is 19.4. The van der Waals surface area contributed by atoms with Gasteiger partial charge in [-0.15, -0.1) is 0 Å². The van der Waals surface area contributed by atoms with Gasteiger partial charge < -0.3 is 10.1 Å². The molecule has 3 aliphatic rings. The van der Waals surface area contributed by atoms with Crippen LogP contribution in [0, 0.1) is 11.8 Å². The number of hydrogen-bond donors (Lipinski definition) is 4. The predicted molar refractivity (Wildman–Crippen MR) is 93.9 cm³/mol. The van der Waals surface area contributed by atoms with E-state index < -0.39 is 24.6 Å². The summed E-state index contributed by atoms with van der Waals surface area (Å²) in [5.74, 6) is -0.236. The molecule has 3 fully saturated rings. The largest absolute Gasteiger partial charge is 0.405 e. The summed E-state index contributed by atoms with van der Waals surface area (Å²) >= 11 is 0. The SMILES string of the molecule is O=C(NC(=NCC1CCOC1)NC1CC(C(F)(F)F)NN1)C1CCC(F)CC1. The zero-order valence-electron chi connectivity index (χ0n) is 15.5. The third-order valence-corrected chi connectivity index (χ3v) is 5.41. The Morgan fingerprint density at radius 1 is 1.14 bits per heavy atom. The fraction of sp³-hybridized carbons (Fsp3) is 0.882. The van der Waals surface area contributed by atoms with Crippen LogP contribution < -0.4 is 21.5 Å². The van der Waals surface area contributed by atoms with E-state index in [0.29, 0.717) is 45.4 Å². The minimum Gasteiger partial charge on any atom is -0.381 e. The minimum atomic E-state index is -4.36. The maximum atomic E-state index is 13.3. The van der Waals surface area contributed by atoms with Crippen LogP contribution in [0.1, 0.15) is 38.5 Å². The Labute approximate surface area is 161 Å². The van der Waals surface area contributed by atoms with Gasteiger partial charge in [0, 0.05) is 31.4 Å². The van der Waals surface area contributed by atoms with Crippen molar-refractivity contribution in [1.82, 2.24) is 21.5 Å². The summed E-state index contributed by atoms with van der Waals surface area (Å²) in [7, 11) is 0. The predicted octanol–water partition coefficient (Wildman–Crippen LogP) is 1.37. The molecular formula is C17H27F4N5O2. The summed E-state index contributed by atoms with van der Waals surface area (Å²) in [4.78, 5) is 16.9. The van der Waals surface area contributed by atoms with Crippen LogP contribution in [0.2, 0.25) is 0 Å². The second kappa shape index (κ2) is 9.36. The lowest BCUT2D eigenvalue weighted by Crippen LogP contribution is -2.52. The second-order valence-electron chi connectivity index (χ2n) is 7.67. The molecule has 3 atom stereocenters. The molecule has 0 aromatic heterocycles. The topological polar surface area (TPSA) is 86.8 Å². The van der Waals surface area contributed by atoms with Gasteiger partial charge in [0.25, 0.3) is 0 Å². The molecular weight excluding hydrogens is 382 g/mol. The van der Waals surface area contributed by atoms with E-state index in [9.17, 15) is 22.4 Å². The van der Waals surface area contributed by atoms with Crippen LogP contribution in [-0.2, 0) is 9.53 Å². The lowest BCUT2D eigenvalue weighted by molar-refractivity contribution is -0.153. The number of guanidine groups is 1. The van der Waals surface area contributed by atoms with E-state index in [4.69, 9.17) is 4.74 Å². The number of amides is 1. The lowest BCUT2D eigenvalue weighted by Gasteiger charge is -2.24. The highest BCUT2D eigenvalue weighted by molar-refractivity contribution is 5.98. The molecule has 11 heteroatoms. The number of hydrogen-bond acceptors (Lipinski definition) is 5. The smallest absolute Gasteiger partial charge is 0.381 e. The van der Waals surface area contributed by atoms with Crippen molar-refractivity contribution in [1.29, 1.82) is 0 Å². The number of halogens is 4. The molecule has 0 aromatic rings. The molecule has 1 saturated carbocycles. The first kappa shape index (κ1) is 21.3. The van der Waals surface area contributed by atoms with E-state index in [0.717, 1.165) is 6.42 Å². The standard InChI is InChI=1S/C17H27F4N5O2/c18-12-3-1-11(2-4-12)15(27)24-16(22-8-10-5-6-28-9-10)23-14-7-13(25-26-14)17(19,20)21/h10-14,25-26H,1-9H2,(H2,22,23,24,27). The van der Waals surface area contributed by atoms with Crippen molar-refractivity contribution in [3.8, 4) is 0 Å². The van der Waals surface area contributed by atoms with Crippen LogP contribution in [-0.4, -0.2) is 56.2 Å². The maximum Gasteiger partial charge on any atom is 0.405 e. The Kier molecular flexibility index (Phi) is 7.10. The van der Waals surface area contributed by atoms with Crippen molar-refractivity contribution in [3.05, 3.63) is 0 Å². The first-order chi connectivity index (χ1) is 13.3. The molecule has 1 amide bonds. The Balaban J connectivity index is 1.58. The first-order valence-corrected chi connectivity index (χ1v) is 9.72. The van der Waals surface area contributed by atoms with Gasteiger partial charge >= 0.3 is 6.18 Å². The Bertz CT molecular complexity index is 560. The molecule has 3 rings (SSSR count). The van der Waals surface area contributed by atoms with Crippen molar-refractivity contribution in [2.24, 2.45) is 16.8 Å². The number of carbonyl (C=O) groups excluding carboxylic acids is 1. The number of carbonyl (C=O) groups is 1. The van der Waals surface area contributed by atoms with Crippen LogP contribution in [0.25, 0.3) is 0 Å². The summed E-state index contributed by atoms with van der Waals surface area (Å²) in [5, 5.41) is 5.54. The van der Waals surface area contributed by atoms with E-state index in [1.165, 1.54) is 0 Å². The lowest BCUT2D eigenvalue weighted by atomic mass is 9.87. The number of nitrogens with one attached hydrogen (secondary N) is 4. The van der Waals surface area contributed by atoms with Crippen molar-refractivity contribution in [2.75, 3.05) is 19.8 Å². The third-order valence-electron chi connectivity index (χ3n) is 5.41. The van der Waals surface area contributed by atoms with E-state index in [1.807, 2.05) is 0 Å². The van der Waals surface area contributed by atoms with Gasteiger partial charge in [0.15, 0.2) is 5.96 Å². The number of rotatable bonds is 4. The summed E-state index contributed by atoms with van der Waals surface area (Å²) in [6.07, 6.45) is -3.75. The summed E-state index contributed by atoms with van der Waals surface area (Å²) < 4.78 is 57.1. The monoisotopic (exact) mass is 409 g/mol. The zero-order chi connectivity index (χ0) is 20.1. The van der Waals surface area contributed by atoms with Crippen molar-refractivity contribution in [2.45, 2.75) is 63.1 Å². The molecule has 160 valence electrons. The average molecular weight is 409 g/mol. The van der Waals surface area contributed by atoms with Crippen LogP contribution in [0.15, 0.2) is 4.99 Å². The summed E-state index contributed by atoms with van der Waals surface area (Å²) in [6, 6.07) is -1.68. The molecule has 2 heterocycles. The van der Waals surface area contributed by atoms with Gasteiger partial charge in [0.2, 0.25) is 5.91 Å². The van der Waals surface area contributed by atoms with Crippen LogP contribution >= 0.6 is 0 Å². The first-order valence-electron chi connectivity index (χ1n) is 9.72. The van der Waals surface area contributed by atoms with Gasteiger partial charge in [-0.05, 0) is 32.1 Å². The van der Waals surface area contributed by atoms with E-state index in [2.05, 4.69) is 26.5 Å². The second-order valence-corrected chi connectivity index (χ2v) is 7.67. The number of alkyl halides is 4. The number of hydrazine groups is 1. The molecule has 28 heavy (non-hydrogen) atoms. The molecule has 0 spiro atoms. The van der Waals surface area contributed by atoms with Crippen molar-refractivity contribution < 1.29 is 27.1 Å². The quantitative estimate of drug-likeness (QED) is 0.320. The Morgan fingerprint density at radius 2 is 1.89 bits per heavy atom. The fourth-order valence-electron chi connectivity index (χ4n) is 3.63. The third kappa shape index (κ3) is 6.02. The van der Waals surface area contributed by atoms with Crippen LogP contribution in [0.4, 0.5) is 17.6 Å². The molecule has 4 N–H and O–H groups in total. The highest BCUT2D eigenvalue weighted by Crippen LogP contribution is 2.27. The molecule has 2 aliphatic heterocycles. The average Bonchev–Trinajstić information content (AvgIpc) is 3.31. The molecule has 1 aliphatic carbocycles. The number of nitrogens with zero attached hydrogens (tertiary/aromatic N) is 1. The van der Waals surface area contributed by atoms with Gasteiger partial charge in [-0.25, -0.2) is 15.2 Å². The molecule has 0 aromatic carbocycles. The summed E-state index contributed by atoms with van der Waals surface area (Å²) in [5.41, 5.74) is 4.75. The molecule has 0 radical (unpaired) electrons. The highest BCUT2D eigenvalue weighted by Gasteiger charge is 2.44. The van der Waals surface area contributed by atoms with Crippen LogP contribution in [0.3, 0.4) is 0 Å². The Hall–Kier alpha value is -1.46. The van der Waals surface area contributed by atoms with E-state index in [1.54, 1.807) is 0 Å². The van der Waals surface area contributed by atoms with E-state index >= 15 is 0 Å². The van der Waals surface area contributed by atoms with Crippen molar-refractivity contribution >= 4 is 11.9 Å². The van der Waals surface area contributed by atoms with Gasteiger partial charge in [-0.1, -0.05) is 0 Å². The summed E-state index contributed by atoms with van der Waals surface area (Å²) in [6.45, 7) is 1.64. The number of aliphatic imine (C=N–C) groups is 1. The Morgan fingerprint density at radius 3 is 2.50 bits per heavy atom. The van der Waals surface area contributed by atoms with Gasteiger partial charge in [0.05, 0.1) is 12.8 Å². The molecule has 7 nitrogen and oxygen atoms in total. The molecule has 0 bridgehead atoms. The van der Waals surface area contributed by atoms with Gasteiger partial charge in [0.1, 0.15) is 12.2 Å². The zero-order valence-corrected chi connectivity index (χ0v) is 15.5. The van der Waals surface area contributed by atoms with Gasteiger partial charge in [-0.2, -0.15) is 13.2 Å².